The fourth-order valence-electron chi connectivity index (χ4n) is 5.06. The quantitative estimate of drug-likeness (QED) is 0.351. The smallest absolute Gasteiger partial charge is 0.250 e. The number of methoxy groups -OCH3 is 1. The summed E-state index contributed by atoms with van der Waals surface area (Å²) in [4.78, 5) is 29.4. The van der Waals surface area contributed by atoms with Crippen molar-refractivity contribution in [1.82, 2.24) is 25.2 Å². The number of amides is 2. The summed E-state index contributed by atoms with van der Waals surface area (Å²) in [6, 6.07) is 17.7. The van der Waals surface area contributed by atoms with Crippen LogP contribution >= 0.6 is 0 Å². The van der Waals surface area contributed by atoms with E-state index in [0.29, 0.717) is 22.8 Å². The lowest BCUT2D eigenvalue weighted by Gasteiger charge is -2.32. The lowest BCUT2D eigenvalue weighted by Crippen LogP contribution is -2.47. The van der Waals surface area contributed by atoms with Gasteiger partial charge in [-0.3, -0.25) is 9.59 Å². The summed E-state index contributed by atoms with van der Waals surface area (Å²) in [5, 5.41) is 11.6. The first kappa shape index (κ1) is 25.5. The molecule has 1 aliphatic carbocycles. The first-order chi connectivity index (χ1) is 18.5. The highest BCUT2D eigenvalue weighted by Crippen LogP contribution is 2.28. The Hall–Kier alpha value is -4.14. The van der Waals surface area contributed by atoms with Gasteiger partial charge in [0.05, 0.1) is 12.6 Å². The maximum atomic E-state index is 14.0. The normalized spacial score (nSPS) is 14.8. The number of hydrogen-bond acceptors (Lipinski definition) is 6. The Morgan fingerprint density at radius 1 is 1.08 bits per heavy atom. The Morgan fingerprint density at radius 2 is 1.84 bits per heavy atom. The van der Waals surface area contributed by atoms with E-state index in [9.17, 15) is 9.59 Å². The standard InChI is InChI=1S/C29H33N5O4/c1-20-12-17-26(38-20)28(29(36)30-22-8-4-3-5-9-22)33(18-21-13-15-23(37-2)16-14-21)27(35)19-34-25-11-7-6-10-24(25)31-32-34/h6-7,10-17,22,28H,3-5,8-9,18-19H2,1-2H3,(H,30,36). The molecule has 2 heterocycles. The van der Waals surface area contributed by atoms with E-state index in [4.69, 9.17) is 9.15 Å². The van der Waals surface area contributed by atoms with Crippen LogP contribution < -0.4 is 10.1 Å². The van der Waals surface area contributed by atoms with Crippen LogP contribution in [0, 0.1) is 6.92 Å². The zero-order valence-electron chi connectivity index (χ0n) is 21.8. The molecule has 2 aromatic heterocycles. The molecule has 1 unspecified atom stereocenters. The molecule has 5 rings (SSSR count). The van der Waals surface area contributed by atoms with E-state index in [1.807, 2.05) is 61.5 Å². The molecule has 1 aliphatic rings. The van der Waals surface area contributed by atoms with Gasteiger partial charge in [0.15, 0.2) is 6.04 Å². The zero-order valence-corrected chi connectivity index (χ0v) is 21.8. The lowest BCUT2D eigenvalue weighted by molar-refractivity contribution is -0.143. The molecule has 1 atom stereocenters. The van der Waals surface area contributed by atoms with Gasteiger partial charge in [-0.15, -0.1) is 5.10 Å². The van der Waals surface area contributed by atoms with E-state index in [1.54, 1.807) is 22.8 Å². The molecule has 0 radical (unpaired) electrons. The van der Waals surface area contributed by atoms with Crippen molar-refractivity contribution >= 4 is 22.8 Å². The van der Waals surface area contributed by atoms with Gasteiger partial charge in [-0.1, -0.05) is 48.7 Å². The van der Waals surface area contributed by atoms with Crippen LogP contribution in [0.1, 0.15) is 55.2 Å². The van der Waals surface area contributed by atoms with E-state index >= 15 is 0 Å². The van der Waals surface area contributed by atoms with Crippen molar-refractivity contribution in [3.8, 4) is 5.75 Å². The fourth-order valence-corrected chi connectivity index (χ4v) is 5.06. The number of aryl methyl sites for hydroxylation is 1. The number of hydrogen-bond donors (Lipinski definition) is 1. The number of benzene rings is 2. The van der Waals surface area contributed by atoms with Crippen molar-refractivity contribution in [1.29, 1.82) is 0 Å². The molecule has 9 nitrogen and oxygen atoms in total. The second-order valence-corrected chi connectivity index (χ2v) is 9.80. The van der Waals surface area contributed by atoms with Crippen LogP contribution in [-0.4, -0.2) is 44.9 Å². The first-order valence-corrected chi connectivity index (χ1v) is 13.1. The molecule has 0 bridgehead atoms. The van der Waals surface area contributed by atoms with Crippen molar-refractivity contribution in [2.45, 2.75) is 64.2 Å². The minimum absolute atomic E-state index is 0.0659. The summed E-state index contributed by atoms with van der Waals surface area (Å²) in [7, 11) is 1.61. The van der Waals surface area contributed by atoms with Crippen molar-refractivity contribution in [3.05, 3.63) is 77.7 Å². The topological polar surface area (TPSA) is 102 Å². The van der Waals surface area contributed by atoms with E-state index in [0.717, 1.165) is 36.8 Å². The zero-order chi connectivity index (χ0) is 26.5. The Balaban J connectivity index is 1.49. The molecular formula is C29H33N5O4. The van der Waals surface area contributed by atoms with Crippen LogP contribution in [0.2, 0.25) is 0 Å². The largest absolute Gasteiger partial charge is 0.497 e. The number of carbonyl (C=O) groups excluding carboxylic acids is 2. The highest BCUT2D eigenvalue weighted by atomic mass is 16.5. The number of aromatic nitrogens is 3. The van der Waals surface area contributed by atoms with Gasteiger partial charge in [-0.25, -0.2) is 4.68 Å². The molecular weight excluding hydrogens is 482 g/mol. The summed E-state index contributed by atoms with van der Waals surface area (Å²) in [6.07, 6.45) is 5.23. The van der Waals surface area contributed by atoms with Gasteiger partial charge in [0.25, 0.3) is 5.91 Å². The predicted octanol–water partition coefficient (Wildman–Crippen LogP) is 4.56. The Bertz CT molecular complexity index is 1390. The van der Waals surface area contributed by atoms with Crippen LogP contribution in [0.15, 0.2) is 65.1 Å². The number of nitrogens with zero attached hydrogens (tertiary/aromatic N) is 4. The molecule has 2 amide bonds. The number of ether oxygens (including phenoxy) is 1. The molecule has 1 saturated carbocycles. The van der Waals surface area contributed by atoms with Gasteiger partial charge >= 0.3 is 0 Å². The number of rotatable bonds is 9. The van der Waals surface area contributed by atoms with E-state index in [2.05, 4.69) is 15.6 Å². The third-order valence-electron chi connectivity index (χ3n) is 7.08. The molecule has 198 valence electrons. The lowest BCUT2D eigenvalue weighted by atomic mass is 9.95. The predicted molar refractivity (Wildman–Crippen MR) is 142 cm³/mol. The number of fused-ring (bicyclic) bond motifs is 1. The molecule has 0 saturated heterocycles. The highest BCUT2D eigenvalue weighted by Gasteiger charge is 2.35. The van der Waals surface area contributed by atoms with E-state index in [-0.39, 0.29) is 30.9 Å². The number of para-hydroxylation sites is 1. The molecule has 38 heavy (non-hydrogen) atoms. The summed E-state index contributed by atoms with van der Waals surface area (Å²) in [5.41, 5.74) is 2.32. The summed E-state index contributed by atoms with van der Waals surface area (Å²) >= 11 is 0. The maximum Gasteiger partial charge on any atom is 0.250 e. The minimum Gasteiger partial charge on any atom is -0.497 e. The summed E-state index contributed by atoms with van der Waals surface area (Å²) in [6.45, 7) is 1.97. The van der Waals surface area contributed by atoms with Crippen molar-refractivity contribution in [3.63, 3.8) is 0 Å². The van der Waals surface area contributed by atoms with Gasteiger partial charge in [-0.2, -0.15) is 0 Å². The van der Waals surface area contributed by atoms with Crippen molar-refractivity contribution in [2.24, 2.45) is 0 Å². The van der Waals surface area contributed by atoms with Gasteiger partial charge in [0.2, 0.25) is 5.91 Å². The Morgan fingerprint density at radius 3 is 2.55 bits per heavy atom. The second-order valence-electron chi connectivity index (χ2n) is 9.80. The average Bonchev–Trinajstić information content (AvgIpc) is 3.55. The number of carbonyl (C=O) groups is 2. The van der Waals surface area contributed by atoms with E-state index < -0.39 is 6.04 Å². The van der Waals surface area contributed by atoms with Crippen molar-refractivity contribution in [2.75, 3.05) is 7.11 Å². The minimum atomic E-state index is -0.935. The van der Waals surface area contributed by atoms with Crippen LogP contribution in [0.5, 0.6) is 5.75 Å². The molecule has 1 fully saturated rings. The van der Waals surface area contributed by atoms with Crippen molar-refractivity contribution < 1.29 is 18.7 Å². The Labute approximate surface area is 221 Å². The molecule has 4 aromatic rings. The number of furan rings is 1. The van der Waals surface area contributed by atoms with Crippen LogP contribution in [0.4, 0.5) is 0 Å². The molecule has 9 heteroatoms. The van der Waals surface area contributed by atoms with Crippen LogP contribution in [0.3, 0.4) is 0 Å². The third-order valence-corrected chi connectivity index (χ3v) is 7.08. The van der Waals surface area contributed by atoms with E-state index in [1.165, 1.54) is 6.42 Å². The average molecular weight is 516 g/mol. The molecule has 2 aromatic carbocycles. The summed E-state index contributed by atoms with van der Waals surface area (Å²) in [5.74, 6) is 1.32. The summed E-state index contributed by atoms with van der Waals surface area (Å²) < 4.78 is 12.8. The van der Waals surface area contributed by atoms with Gasteiger partial charge in [0.1, 0.15) is 29.3 Å². The van der Waals surface area contributed by atoms with Gasteiger partial charge in [0, 0.05) is 12.6 Å². The third kappa shape index (κ3) is 5.72. The maximum absolute atomic E-state index is 14.0. The number of nitrogens with one attached hydrogen (secondary N) is 1. The van der Waals surface area contributed by atoms with Crippen LogP contribution in [-0.2, 0) is 22.7 Å². The first-order valence-electron chi connectivity index (χ1n) is 13.1. The van der Waals surface area contributed by atoms with Crippen LogP contribution in [0.25, 0.3) is 11.0 Å². The highest BCUT2D eigenvalue weighted by molar-refractivity contribution is 5.89. The Kier molecular flexibility index (Phi) is 7.72. The molecule has 0 spiro atoms. The fraction of sp³-hybridized carbons (Fsp3) is 0.379. The molecule has 1 N–H and O–H groups in total. The second kappa shape index (κ2) is 11.5. The van der Waals surface area contributed by atoms with Gasteiger partial charge < -0.3 is 19.4 Å². The molecule has 0 aliphatic heterocycles. The SMILES string of the molecule is COc1ccc(CN(C(=O)Cn2nnc3ccccc32)C(C(=O)NC2CCCCC2)c2ccc(C)o2)cc1. The van der Waals surface area contributed by atoms with Gasteiger partial charge in [-0.05, 0) is 61.7 Å². The monoisotopic (exact) mass is 515 g/mol.